The maximum atomic E-state index is 12.0. The Bertz CT molecular complexity index is 1020. The van der Waals surface area contributed by atoms with Gasteiger partial charge in [0.15, 0.2) is 17.1 Å². The number of esters is 3. The third-order valence-corrected chi connectivity index (χ3v) is 4.61. The summed E-state index contributed by atoms with van der Waals surface area (Å²) in [5, 5.41) is 13.1. The number of rotatable bonds is 6. The molecule has 0 atom stereocenters. The first-order valence-corrected chi connectivity index (χ1v) is 9.15. The summed E-state index contributed by atoms with van der Waals surface area (Å²) in [4.78, 5) is 36.0. The molecule has 3 heterocycles. The molecule has 13 heteroatoms. The van der Waals surface area contributed by atoms with Crippen molar-refractivity contribution in [2.75, 3.05) is 21.3 Å². The van der Waals surface area contributed by atoms with Gasteiger partial charge >= 0.3 is 17.9 Å². The van der Waals surface area contributed by atoms with E-state index >= 15 is 0 Å². The number of carbonyl (C=O) groups is 3. The molecule has 0 bridgehead atoms. The molecule has 31 heavy (non-hydrogen) atoms. The number of ether oxygens (including phenoxy) is 3. The van der Waals surface area contributed by atoms with Crippen molar-refractivity contribution < 1.29 is 28.6 Å². The zero-order valence-corrected chi connectivity index (χ0v) is 17.9. The summed E-state index contributed by atoms with van der Waals surface area (Å²) in [6.45, 7) is 5.23. The second kappa shape index (κ2) is 8.46. The molecule has 0 aromatic carbocycles. The van der Waals surface area contributed by atoms with Crippen LogP contribution in [0.25, 0.3) is 0 Å². The van der Waals surface area contributed by atoms with E-state index in [1.807, 2.05) is 0 Å². The van der Waals surface area contributed by atoms with Gasteiger partial charge in [-0.1, -0.05) is 0 Å². The van der Waals surface area contributed by atoms with Crippen molar-refractivity contribution in [3.05, 3.63) is 52.4 Å². The van der Waals surface area contributed by atoms with E-state index in [0.29, 0.717) is 17.1 Å². The molecule has 0 saturated carbocycles. The second-order valence-corrected chi connectivity index (χ2v) is 6.67. The van der Waals surface area contributed by atoms with Crippen molar-refractivity contribution >= 4 is 25.0 Å². The molecule has 0 aliphatic heterocycles. The Morgan fingerprint density at radius 2 is 0.903 bits per heavy atom. The summed E-state index contributed by atoms with van der Waals surface area (Å²) < 4.78 is 18.8. The van der Waals surface area contributed by atoms with E-state index in [-0.39, 0.29) is 17.1 Å². The summed E-state index contributed by atoms with van der Waals surface area (Å²) in [5.74, 6) is -1.83. The summed E-state index contributed by atoms with van der Waals surface area (Å²) in [6.07, 6.45) is 0. The standard InChI is InChI=1S/C18H21BN6O6/c1-10-7-13(16(26)29-4)20-23(10)19(24-11(2)8-14(21-24)17(27)30-5)25-12(3)9-15(22-25)18(28)31-6/h7-9H,1-6H3/q-1. The highest BCUT2D eigenvalue weighted by Gasteiger charge is 2.23. The van der Waals surface area contributed by atoms with Gasteiger partial charge in [0.2, 0.25) is 0 Å². The van der Waals surface area contributed by atoms with Crippen LogP contribution in [0.1, 0.15) is 48.5 Å². The van der Waals surface area contributed by atoms with Gasteiger partial charge in [-0.05, 0) is 56.1 Å². The van der Waals surface area contributed by atoms with Crippen LogP contribution >= 0.6 is 0 Å². The number of carbonyl (C=O) groups excluding carboxylic acids is 3. The Morgan fingerprint density at radius 3 is 1.13 bits per heavy atom. The van der Waals surface area contributed by atoms with Crippen molar-refractivity contribution in [2.45, 2.75) is 20.8 Å². The van der Waals surface area contributed by atoms with Crippen LogP contribution < -0.4 is 0 Å². The van der Waals surface area contributed by atoms with Gasteiger partial charge in [-0.25, -0.2) is 29.7 Å². The summed E-state index contributed by atoms with van der Waals surface area (Å²) in [5.41, 5.74) is 2.03. The lowest BCUT2D eigenvalue weighted by Gasteiger charge is -2.33. The first-order valence-electron chi connectivity index (χ1n) is 9.15. The van der Waals surface area contributed by atoms with Crippen LogP contribution in [0.15, 0.2) is 18.2 Å². The molecular weight excluding hydrogens is 407 g/mol. The van der Waals surface area contributed by atoms with Crippen LogP contribution in [0.4, 0.5) is 0 Å². The van der Waals surface area contributed by atoms with Crippen molar-refractivity contribution in [3.8, 4) is 0 Å². The highest BCUT2D eigenvalue weighted by molar-refractivity contribution is 6.53. The van der Waals surface area contributed by atoms with Crippen molar-refractivity contribution in [1.29, 1.82) is 0 Å². The molecule has 3 rings (SSSR count). The van der Waals surface area contributed by atoms with E-state index in [2.05, 4.69) is 15.3 Å². The molecule has 1 radical (unpaired) electrons. The SMILES string of the molecule is COC(=O)c1cc(C)n([B-](n2nc(C(=O)OC)cc2C)n2nc(C(=O)OC)cc2C)n1. The normalized spacial score (nSPS) is 10.9. The van der Waals surface area contributed by atoms with Gasteiger partial charge in [0.25, 0.3) is 7.12 Å². The van der Waals surface area contributed by atoms with Crippen LogP contribution in [0.3, 0.4) is 0 Å². The van der Waals surface area contributed by atoms with E-state index in [4.69, 9.17) is 14.2 Å². The number of methoxy groups -OCH3 is 3. The Hall–Kier alpha value is -3.90. The zero-order valence-electron chi connectivity index (χ0n) is 17.9. The fourth-order valence-electron chi connectivity index (χ4n) is 3.09. The van der Waals surface area contributed by atoms with Crippen LogP contribution in [-0.2, 0) is 14.2 Å². The molecule has 0 aliphatic carbocycles. The highest BCUT2D eigenvalue weighted by atomic mass is 16.5. The number of aromatic nitrogens is 6. The van der Waals surface area contributed by atoms with Crippen LogP contribution in [0, 0.1) is 20.8 Å². The quantitative estimate of drug-likeness (QED) is 0.313. The molecule has 0 N–H and O–H groups in total. The highest BCUT2D eigenvalue weighted by Crippen LogP contribution is 2.15. The first kappa shape index (κ1) is 21.8. The lowest BCUT2D eigenvalue weighted by atomic mass is 9.93. The minimum Gasteiger partial charge on any atom is -0.464 e. The fourth-order valence-corrected chi connectivity index (χ4v) is 3.09. The molecule has 3 aromatic heterocycles. The van der Waals surface area contributed by atoms with Gasteiger partial charge in [-0.15, -0.1) is 0 Å². The molecule has 0 unspecified atom stereocenters. The van der Waals surface area contributed by atoms with Crippen molar-refractivity contribution in [1.82, 2.24) is 29.1 Å². The van der Waals surface area contributed by atoms with Crippen molar-refractivity contribution in [2.24, 2.45) is 0 Å². The van der Waals surface area contributed by atoms with E-state index < -0.39 is 25.0 Å². The monoisotopic (exact) mass is 428 g/mol. The van der Waals surface area contributed by atoms with Crippen molar-refractivity contribution in [3.63, 3.8) is 0 Å². The molecule has 0 spiro atoms. The van der Waals surface area contributed by atoms with E-state index in [9.17, 15) is 14.4 Å². The third kappa shape index (κ3) is 3.93. The number of nitrogens with zero attached hydrogens (tertiary/aromatic N) is 6. The summed E-state index contributed by atoms with van der Waals surface area (Å²) in [7, 11) is 2.90. The molecule has 0 aliphatic rings. The Morgan fingerprint density at radius 1 is 0.645 bits per heavy atom. The van der Waals surface area contributed by atoms with Crippen LogP contribution in [0.2, 0.25) is 0 Å². The Kier molecular flexibility index (Phi) is 5.95. The molecule has 0 saturated heterocycles. The van der Waals surface area contributed by atoms with E-state index in [0.717, 1.165) is 0 Å². The van der Waals surface area contributed by atoms with Gasteiger partial charge in [0.05, 0.1) is 21.3 Å². The van der Waals surface area contributed by atoms with Gasteiger partial charge in [0, 0.05) is 0 Å². The van der Waals surface area contributed by atoms with Crippen LogP contribution in [0.5, 0.6) is 0 Å². The maximum absolute atomic E-state index is 12.0. The Labute approximate surface area is 177 Å². The lowest BCUT2D eigenvalue weighted by Crippen LogP contribution is -2.46. The topological polar surface area (TPSA) is 132 Å². The molecule has 163 valence electrons. The number of aryl methyl sites for hydroxylation is 3. The Balaban J connectivity index is 2.24. The second-order valence-electron chi connectivity index (χ2n) is 6.67. The molecule has 0 amide bonds. The summed E-state index contributed by atoms with van der Waals surface area (Å²) >= 11 is 0. The number of hydrogen-bond donors (Lipinski definition) is 0. The zero-order chi connectivity index (χ0) is 22.9. The minimum absolute atomic E-state index is 0.0843. The van der Waals surface area contributed by atoms with Gasteiger partial charge in [-0.2, -0.15) is 0 Å². The molecule has 0 fully saturated rings. The molecule has 12 nitrogen and oxygen atoms in total. The fraction of sp³-hybridized carbons (Fsp3) is 0.333. The van der Waals surface area contributed by atoms with Gasteiger partial charge < -0.3 is 28.0 Å². The van der Waals surface area contributed by atoms with Gasteiger partial charge in [0.1, 0.15) is 0 Å². The largest absolute Gasteiger partial charge is 0.464 e. The predicted octanol–water partition coefficient (Wildman–Crippen LogP) is 0.491. The smallest absolute Gasteiger partial charge is 0.358 e. The first-order chi connectivity index (χ1) is 14.7. The average molecular weight is 428 g/mol. The lowest BCUT2D eigenvalue weighted by molar-refractivity contribution is 0.0585. The van der Waals surface area contributed by atoms with Crippen LogP contribution in [-0.4, -0.2) is 75.4 Å². The summed E-state index contributed by atoms with van der Waals surface area (Å²) in [6, 6.07) is 4.66. The average Bonchev–Trinajstić information content (AvgIpc) is 3.45. The third-order valence-electron chi connectivity index (χ3n) is 4.61. The molecule has 3 aromatic rings. The van der Waals surface area contributed by atoms with E-state index in [1.165, 1.54) is 35.1 Å². The van der Waals surface area contributed by atoms with E-state index in [1.54, 1.807) is 39.0 Å². The minimum atomic E-state index is -0.879. The molecular formula is C18H21BN6O6-. The maximum Gasteiger partial charge on any atom is 0.358 e. The van der Waals surface area contributed by atoms with Gasteiger partial charge in [-0.3, -0.25) is 0 Å². The number of hydrogen-bond acceptors (Lipinski definition) is 9. The predicted molar refractivity (Wildman–Crippen MR) is 107 cm³/mol.